The molecular weight excluding hydrogens is 153 g/mol. The maximum absolute atomic E-state index is 10.4. The van der Waals surface area contributed by atoms with Crippen LogP contribution in [0, 0.1) is 0 Å². The Labute approximate surface area is 56.2 Å². The van der Waals surface area contributed by atoms with E-state index in [1.54, 1.807) is 0 Å². The lowest BCUT2D eigenvalue weighted by Gasteiger charge is -1.97. The van der Waals surface area contributed by atoms with Crippen LogP contribution in [0.1, 0.15) is 0 Å². The normalized spacial score (nSPS) is 29.5. The molecule has 0 N–H and O–H groups in total. The van der Waals surface area contributed by atoms with Gasteiger partial charge in [0.05, 0.1) is 0 Å². The molecule has 3 nitrogen and oxygen atoms in total. The maximum atomic E-state index is 10.4. The van der Waals surface area contributed by atoms with Gasteiger partial charge in [0, 0.05) is 11.8 Å². The monoisotopic (exact) mass is 155 g/mol. The van der Waals surface area contributed by atoms with Crippen molar-refractivity contribution >= 4 is 29.3 Å². The van der Waals surface area contributed by atoms with E-state index < -0.39 is 11.3 Å². The zero-order valence-electron chi connectivity index (χ0n) is 3.80. The summed E-state index contributed by atoms with van der Waals surface area (Å²) in [6.45, 7) is 0.171. The predicted molar refractivity (Wildman–Crippen MR) is 28.3 cm³/mol. The summed E-state index contributed by atoms with van der Waals surface area (Å²) in [7, 11) is 0. The maximum Gasteiger partial charge on any atom is 0.282 e. The average molecular weight is 156 g/mol. The molecule has 0 aromatic carbocycles. The second-order valence-electron chi connectivity index (χ2n) is 1.35. The van der Waals surface area contributed by atoms with Crippen LogP contribution >= 0.6 is 23.4 Å². The molecule has 1 rings (SSSR count). The molecule has 1 aliphatic heterocycles. The Morgan fingerprint density at radius 2 is 2.50 bits per heavy atom. The molecule has 0 aliphatic carbocycles. The van der Waals surface area contributed by atoms with Crippen LogP contribution in [0.25, 0.3) is 0 Å². The Morgan fingerprint density at radius 1 is 1.88 bits per heavy atom. The van der Waals surface area contributed by atoms with E-state index in [-0.39, 0.29) is 6.61 Å². The van der Waals surface area contributed by atoms with Crippen LogP contribution in [-0.2, 0) is 9.63 Å². The van der Waals surface area contributed by atoms with Gasteiger partial charge in [-0.1, -0.05) is 0 Å². The lowest BCUT2D eigenvalue weighted by atomic mass is 10.5. The van der Waals surface area contributed by atoms with Gasteiger partial charge in [0.2, 0.25) is 0 Å². The Hall–Kier alpha value is 0.01000. The lowest BCUT2D eigenvalue weighted by molar-refractivity contribution is -0.140. The van der Waals surface area contributed by atoms with Crippen molar-refractivity contribution in [1.29, 1.82) is 0 Å². The fourth-order valence-corrected chi connectivity index (χ4v) is 0.745. The molecule has 1 heterocycles. The molecule has 1 unspecified atom stereocenters. The van der Waals surface area contributed by atoms with E-state index in [1.807, 2.05) is 0 Å². The minimum atomic E-state index is -0.604. The van der Waals surface area contributed by atoms with Crippen LogP contribution < -0.4 is 0 Å². The molecule has 1 amide bonds. The van der Waals surface area contributed by atoms with Crippen LogP contribution in [0.2, 0.25) is 0 Å². The first-order valence-corrected chi connectivity index (χ1v) is 2.76. The third-order valence-electron chi connectivity index (χ3n) is 0.775. The second-order valence-corrected chi connectivity index (χ2v) is 2.18. The third kappa shape index (κ3) is 0.891. The fourth-order valence-electron chi connectivity index (χ4n) is 0.376. The van der Waals surface area contributed by atoms with E-state index in [9.17, 15) is 4.79 Å². The molecule has 8 heavy (non-hydrogen) atoms. The summed E-state index contributed by atoms with van der Waals surface area (Å²) in [6.07, 6.45) is 0. The largest absolute Gasteiger partial charge is 0.282 e. The van der Waals surface area contributed by atoms with E-state index >= 15 is 0 Å². The Kier molecular flexibility index (Phi) is 1.60. The average Bonchev–Trinajstić information content (AvgIpc) is 1.98. The van der Waals surface area contributed by atoms with Gasteiger partial charge in [-0.05, 0) is 0 Å². The first-order chi connectivity index (χ1) is 3.72. The molecule has 0 radical (unpaired) electrons. The number of carbonyl (C=O) groups excluding carboxylic acids is 1. The van der Waals surface area contributed by atoms with Crippen molar-refractivity contribution in [2.45, 2.75) is 5.38 Å². The molecular formula is C3H3Cl2NO2. The van der Waals surface area contributed by atoms with Crippen LogP contribution in [0.5, 0.6) is 0 Å². The van der Waals surface area contributed by atoms with Crippen molar-refractivity contribution in [2.24, 2.45) is 0 Å². The van der Waals surface area contributed by atoms with Crippen LogP contribution in [0.4, 0.5) is 0 Å². The summed E-state index contributed by atoms with van der Waals surface area (Å²) in [5.74, 6) is -0.395. The molecule has 1 aliphatic rings. The van der Waals surface area contributed by atoms with Gasteiger partial charge in [0.1, 0.15) is 12.0 Å². The first-order valence-electron chi connectivity index (χ1n) is 1.98. The summed E-state index contributed by atoms with van der Waals surface area (Å²) in [6, 6.07) is 0. The van der Waals surface area contributed by atoms with E-state index in [1.165, 1.54) is 0 Å². The highest BCUT2D eigenvalue weighted by Gasteiger charge is 2.30. The van der Waals surface area contributed by atoms with Gasteiger partial charge in [-0.2, -0.15) is 0 Å². The molecule has 1 atom stereocenters. The SMILES string of the molecule is O=C1C(Cl)CON1Cl. The van der Waals surface area contributed by atoms with Gasteiger partial charge in [-0.15, -0.1) is 16.2 Å². The number of hydroxylamine groups is 1. The molecule has 0 bridgehead atoms. The number of rotatable bonds is 0. The number of hydrogen-bond acceptors (Lipinski definition) is 2. The summed E-state index contributed by atoms with van der Waals surface area (Å²) >= 11 is 10.5. The van der Waals surface area contributed by atoms with E-state index in [0.29, 0.717) is 4.58 Å². The van der Waals surface area contributed by atoms with Gasteiger partial charge in [0.25, 0.3) is 5.91 Å². The highest BCUT2D eigenvalue weighted by molar-refractivity contribution is 6.35. The minimum Gasteiger partial charge on any atom is -0.269 e. The first kappa shape index (κ1) is 6.13. The zero-order valence-corrected chi connectivity index (χ0v) is 5.32. The van der Waals surface area contributed by atoms with Crippen LogP contribution in [-0.4, -0.2) is 22.5 Å². The Morgan fingerprint density at radius 3 is 2.62 bits per heavy atom. The highest BCUT2D eigenvalue weighted by atomic mass is 35.5. The highest BCUT2D eigenvalue weighted by Crippen LogP contribution is 2.14. The van der Waals surface area contributed by atoms with Gasteiger partial charge in [-0.25, -0.2) is 0 Å². The standard InChI is InChI=1S/C3H3Cl2NO2/c4-2-1-8-6(5)3(2)7/h2H,1H2. The van der Waals surface area contributed by atoms with Gasteiger partial charge in [-0.3, -0.25) is 9.63 Å². The quantitative estimate of drug-likeness (QED) is 0.378. The molecule has 0 spiro atoms. The molecule has 0 saturated carbocycles. The van der Waals surface area contributed by atoms with E-state index in [0.717, 1.165) is 0 Å². The Balaban J connectivity index is 2.57. The van der Waals surface area contributed by atoms with Gasteiger partial charge >= 0.3 is 0 Å². The van der Waals surface area contributed by atoms with Crippen molar-refractivity contribution in [1.82, 2.24) is 4.58 Å². The van der Waals surface area contributed by atoms with Gasteiger partial charge < -0.3 is 0 Å². The van der Waals surface area contributed by atoms with E-state index in [2.05, 4.69) is 4.84 Å². The predicted octanol–water partition coefficient (Wildman–Crippen LogP) is 0.521. The number of carbonyl (C=O) groups is 1. The number of halogens is 2. The molecule has 0 aromatic rings. The zero-order chi connectivity index (χ0) is 6.15. The summed E-state index contributed by atoms with van der Waals surface area (Å²) < 4.78 is 0.623. The van der Waals surface area contributed by atoms with Crippen molar-refractivity contribution in [3.05, 3.63) is 0 Å². The van der Waals surface area contributed by atoms with Crippen molar-refractivity contribution in [2.75, 3.05) is 6.61 Å². The van der Waals surface area contributed by atoms with Crippen molar-refractivity contribution in [3.63, 3.8) is 0 Å². The molecule has 1 saturated heterocycles. The van der Waals surface area contributed by atoms with Crippen LogP contribution in [0.3, 0.4) is 0 Å². The number of nitrogens with zero attached hydrogens (tertiary/aromatic N) is 1. The fraction of sp³-hybridized carbons (Fsp3) is 0.667. The molecule has 0 aromatic heterocycles. The molecule has 5 heteroatoms. The summed E-state index contributed by atoms with van der Waals surface area (Å²) in [5, 5.41) is -0.604. The summed E-state index contributed by atoms with van der Waals surface area (Å²) in [4.78, 5) is 14.9. The van der Waals surface area contributed by atoms with E-state index in [4.69, 9.17) is 23.4 Å². The Bertz CT molecular complexity index is 106. The smallest absolute Gasteiger partial charge is 0.269 e. The second kappa shape index (κ2) is 2.09. The topological polar surface area (TPSA) is 29.5 Å². The third-order valence-corrected chi connectivity index (χ3v) is 1.35. The molecule has 1 fully saturated rings. The van der Waals surface area contributed by atoms with Crippen LogP contribution in [0.15, 0.2) is 0 Å². The minimum absolute atomic E-state index is 0.171. The van der Waals surface area contributed by atoms with Crippen molar-refractivity contribution < 1.29 is 9.63 Å². The molecule has 46 valence electrons. The number of alkyl halides is 1. The van der Waals surface area contributed by atoms with Crippen molar-refractivity contribution in [3.8, 4) is 0 Å². The van der Waals surface area contributed by atoms with Gasteiger partial charge in [0.15, 0.2) is 0 Å². The lowest BCUT2D eigenvalue weighted by Crippen LogP contribution is -2.16. The number of hydrogen-bond donors (Lipinski definition) is 0. The number of amides is 1. The summed E-state index contributed by atoms with van der Waals surface area (Å²) in [5.41, 5.74) is 0.